The Hall–Kier alpha value is -3.67. The lowest BCUT2D eigenvalue weighted by atomic mass is 10.0. The minimum Gasteiger partial charge on any atom is -0.457 e. The smallest absolute Gasteiger partial charge is 0.164 e. The Balaban J connectivity index is 1.38. The second-order valence-electron chi connectivity index (χ2n) is 8.00. The number of nitrogen functional groups attached to an aromatic ring is 1. The number of hydrogen-bond donors (Lipinski definition) is 1. The van der Waals surface area contributed by atoms with Crippen molar-refractivity contribution in [3.63, 3.8) is 0 Å². The number of para-hydroxylation sites is 1. The van der Waals surface area contributed by atoms with Crippen molar-refractivity contribution in [1.82, 2.24) is 19.7 Å². The van der Waals surface area contributed by atoms with E-state index < -0.39 is 0 Å². The maximum Gasteiger partial charge on any atom is 0.164 e. The Morgan fingerprint density at radius 3 is 2.57 bits per heavy atom. The molecular weight excluding hydrogens is 374 g/mol. The fourth-order valence-electron chi connectivity index (χ4n) is 4.38. The first-order valence-electron chi connectivity index (χ1n) is 10.3. The zero-order valence-corrected chi connectivity index (χ0v) is 16.4. The average molecular weight is 395 g/mol. The molecule has 2 aliphatic rings. The first-order valence-corrected chi connectivity index (χ1v) is 10.3. The van der Waals surface area contributed by atoms with Crippen molar-refractivity contribution in [1.29, 1.82) is 0 Å². The second kappa shape index (κ2) is 6.69. The van der Waals surface area contributed by atoms with Crippen LogP contribution in [0.25, 0.3) is 22.3 Å². The maximum atomic E-state index is 6.26. The molecule has 2 atom stereocenters. The fraction of sp³-hybridized carbons (Fsp3) is 0.208. The van der Waals surface area contributed by atoms with Crippen LogP contribution in [-0.4, -0.2) is 19.7 Å². The van der Waals surface area contributed by atoms with Crippen molar-refractivity contribution in [3.05, 3.63) is 72.6 Å². The molecular formula is C24H21N5O. The van der Waals surface area contributed by atoms with E-state index in [2.05, 4.69) is 20.7 Å². The van der Waals surface area contributed by atoms with Crippen LogP contribution < -0.4 is 10.5 Å². The number of hydrogen-bond acceptors (Lipinski definition) is 5. The quantitative estimate of drug-likeness (QED) is 0.484. The predicted octanol–water partition coefficient (Wildman–Crippen LogP) is 5.15. The summed E-state index contributed by atoms with van der Waals surface area (Å²) in [5.41, 5.74) is 10.5. The molecule has 6 rings (SSSR count). The summed E-state index contributed by atoms with van der Waals surface area (Å²) in [7, 11) is 0. The summed E-state index contributed by atoms with van der Waals surface area (Å²) < 4.78 is 7.97. The summed E-state index contributed by atoms with van der Waals surface area (Å²) in [6, 6.07) is 18.0. The van der Waals surface area contributed by atoms with Crippen molar-refractivity contribution in [2.75, 3.05) is 5.73 Å². The van der Waals surface area contributed by atoms with Gasteiger partial charge in [-0.3, -0.25) is 0 Å². The molecule has 2 heterocycles. The first kappa shape index (κ1) is 17.2. The SMILES string of the molecule is Nc1ncnc2c1c(-c1ccc(Oc3ccccc3)cc1)nn2C1CC=C2CC2C1. The zero-order valence-electron chi connectivity index (χ0n) is 16.4. The number of rotatable bonds is 4. The van der Waals surface area contributed by atoms with E-state index in [-0.39, 0.29) is 0 Å². The lowest BCUT2D eigenvalue weighted by Gasteiger charge is -2.18. The normalized spacial score (nSPS) is 19.9. The minimum absolute atomic E-state index is 0.312. The number of allylic oxidation sites excluding steroid dienone is 2. The Kier molecular flexibility index (Phi) is 3.84. The average Bonchev–Trinajstić information content (AvgIpc) is 3.45. The van der Waals surface area contributed by atoms with E-state index in [1.165, 1.54) is 12.7 Å². The molecule has 148 valence electrons. The van der Waals surface area contributed by atoms with E-state index in [1.807, 2.05) is 54.6 Å². The molecule has 0 bridgehead atoms. The number of benzene rings is 2. The molecule has 0 saturated heterocycles. The van der Waals surface area contributed by atoms with E-state index in [0.717, 1.165) is 52.5 Å². The van der Waals surface area contributed by atoms with Crippen LogP contribution in [0, 0.1) is 5.92 Å². The molecule has 2 aromatic carbocycles. The molecule has 0 amide bonds. The number of anilines is 1. The van der Waals surface area contributed by atoms with Crippen LogP contribution in [0.3, 0.4) is 0 Å². The van der Waals surface area contributed by atoms with Gasteiger partial charge in [-0.25, -0.2) is 14.6 Å². The van der Waals surface area contributed by atoms with Crippen molar-refractivity contribution in [2.45, 2.75) is 25.3 Å². The van der Waals surface area contributed by atoms with Gasteiger partial charge in [0.1, 0.15) is 29.3 Å². The van der Waals surface area contributed by atoms with Crippen LogP contribution in [0.5, 0.6) is 11.5 Å². The van der Waals surface area contributed by atoms with Crippen LogP contribution in [0.2, 0.25) is 0 Å². The summed E-state index contributed by atoms with van der Waals surface area (Å²) in [5, 5.41) is 5.79. The van der Waals surface area contributed by atoms with Crippen molar-refractivity contribution < 1.29 is 4.74 Å². The summed E-state index contributed by atoms with van der Waals surface area (Å²) in [4.78, 5) is 8.76. The monoisotopic (exact) mass is 395 g/mol. The molecule has 2 aromatic heterocycles. The second-order valence-corrected chi connectivity index (χ2v) is 8.00. The molecule has 2 aliphatic carbocycles. The zero-order chi connectivity index (χ0) is 20.1. The minimum atomic E-state index is 0.312. The third-order valence-corrected chi connectivity index (χ3v) is 6.03. The van der Waals surface area contributed by atoms with E-state index in [9.17, 15) is 0 Å². The third kappa shape index (κ3) is 2.92. The van der Waals surface area contributed by atoms with E-state index in [0.29, 0.717) is 11.9 Å². The highest BCUT2D eigenvalue weighted by Crippen LogP contribution is 2.49. The van der Waals surface area contributed by atoms with Crippen molar-refractivity contribution in [2.24, 2.45) is 5.92 Å². The fourth-order valence-corrected chi connectivity index (χ4v) is 4.38. The van der Waals surface area contributed by atoms with Crippen LogP contribution in [0.15, 0.2) is 72.6 Å². The van der Waals surface area contributed by atoms with Crippen LogP contribution in [0.1, 0.15) is 25.3 Å². The van der Waals surface area contributed by atoms with Gasteiger partial charge in [0.25, 0.3) is 0 Å². The lowest BCUT2D eigenvalue weighted by molar-refractivity contribution is 0.413. The van der Waals surface area contributed by atoms with Gasteiger partial charge in [-0.05, 0) is 61.6 Å². The third-order valence-electron chi connectivity index (χ3n) is 6.03. The Labute approximate surface area is 174 Å². The van der Waals surface area contributed by atoms with E-state index in [4.69, 9.17) is 15.6 Å². The maximum absolute atomic E-state index is 6.26. The van der Waals surface area contributed by atoms with Crippen molar-refractivity contribution in [3.8, 4) is 22.8 Å². The van der Waals surface area contributed by atoms with Gasteiger partial charge < -0.3 is 10.5 Å². The van der Waals surface area contributed by atoms with Crippen LogP contribution in [-0.2, 0) is 0 Å². The number of ether oxygens (including phenoxy) is 1. The largest absolute Gasteiger partial charge is 0.457 e. The van der Waals surface area contributed by atoms with Gasteiger partial charge in [-0.15, -0.1) is 0 Å². The molecule has 2 unspecified atom stereocenters. The summed E-state index contributed by atoms with van der Waals surface area (Å²) in [6.45, 7) is 0. The van der Waals surface area contributed by atoms with Gasteiger partial charge in [-0.2, -0.15) is 5.10 Å². The molecule has 0 aliphatic heterocycles. The van der Waals surface area contributed by atoms with Gasteiger partial charge in [0, 0.05) is 5.56 Å². The molecule has 6 nitrogen and oxygen atoms in total. The summed E-state index contributed by atoms with van der Waals surface area (Å²) >= 11 is 0. The Morgan fingerprint density at radius 2 is 1.77 bits per heavy atom. The molecule has 4 aromatic rings. The topological polar surface area (TPSA) is 78.8 Å². The molecule has 1 saturated carbocycles. The molecule has 2 N–H and O–H groups in total. The number of nitrogens with zero attached hydrogens (tertiary/aromatic N) is 4. The summed E-state index contributed by atoms with van der Waals surface area (Å²) in [6.07, 6.45) is 7.25. The molecule has 0 spiro atoms. The first-order chi connectivity index (χ1) is 14.8. The van der Waals surface area contributed by atoms with Gasteiger partial charge in [0.05, 0.1) is 11.4 Å². The summed E-state index contributed by atoms with van der Waals surface area (Å²) in [5.74, 6) is 2.77. The Morgan fingerprint density at radius 1 is 0.967 bits per heavy atom. The van der Waals surface area contributed by atoms with Crippen LogP contribution in [0.4, 0.5) is 5.82 Å². The molecule has 6 heteroatoms. The van der Waals surface area contributed by atoms with Crippen LogP contribution >= 0.6 is 0 Å². The predicted molar refractivity (Wildman–Crippen MR) is 116 cm³/mol. The van der Waals surface area contributed by atoms with Gasteiger partial charge in [-0.1, -0.05) is 29.8 Å². The number of aromatic nitrogens is 4. The number of nitrogens with two attached hydrogens (primary N) is 1. The molecule has 0 radical (unpaired) electrons. The highest BCUT2D eigenvalue weighted by Gasteiger charge is 2.37. The van der Waals surface area contributed by atoms with Gasteiger partial charge >= 0.3 is 0 Å². The van der Waals surface area contributed by atoms with E-state index >= 15 is 0 Å². The lowest BCUT2D eigenvalue weighted by Crippen LogP contribution is -2.13. The van der Waals surface area contributed by atoms with Crippen molar-refractivity contribution >= 4 is 16.9 Å². The van der Waals surface area contributed by atoms with Gasteiger partial charge in [0.15, 0.2) is 5.65 Å². The standard InChI is InChI=1S/C24H21N5O/c25-23-21-22(15-7-10-20(11-8-15)30-19-4-2-1-3-5-19)28-29(24(21)27-14-26-23)18-9-6-16-12-17(16)13-18/h1-8,10-11,14,17-18H,9,12-13H2,(H2,25,26,27). The van der Waals surface area contributed by atoms with E-state index in [1.54, 1.807) is 5.57 Å². The highest BCUT2D eigenvalue weighted by molar-refractivity contribution is 5.98. The number of fused-ring (bicyclic) bond motifs is 2. The highest BCUT2D eigenvalue weighted by atomic mass is 16.5. The Bertz CT molecular complexity index is 1260. The molecule has 1 fully saturated rings. The van der Waals surface area contributed by atoms with Gasteiger partial charge in [0.2, 0.25) is 0 Å². The molecule has 30 heavy (non-hydrogen) atoms.